The molecular weight excluding hydrogens is 426 g/mol. The lowest BCUT2D eigenvalue weighted by Gasteiger charge is -2.36. The van der Waals surface area contributed by atoms with Gasteiger partial charge in [0.05, 0.1) is 29.0 Å². The molecule has 1 N–H and O–H groups in total. The lowest BCUT2D eigenvalue weighted by molar-refractivity contribution is -0.122. The van der Waals surface area contributed by atoms with Gasteiger partial charge >= 0.3 is 0 Å². The maximum absolute atomic E-state index is 13.6. The van der Waals surface area contributed by atoms with Gasteiger partial charge in [-0.1, -0.05) is 45.0 Å². The highest BCUT2D eigenvalue weighted by Crippen LogP contribution is 2.40. The Labute approximate surface area is 188 Å². The van der Waals surface area contributed by atoms with Crippen LogP contribution in [0.5, 0.6) is 5.75 Å². The average Bonchev–Trinajstić information content (AvgIpc) is 2.78. The molecule has 0 bridgehead atoms. The van der Waals surface area contributed by atoms with Crippen molar-refractivity contribution in [1.29, 1.82) is 0 Å². The summed E-state index contributed by atoms with van der Waals surface area (Å²) in [6, 6.07) is 17.0. The minimum absolute atomic E-state index is 0.149. The number of anilines is 2. The average molecular weight is 452 g/mol. The van der Waals surface area contributed by atoms with Crippen LogP contribution in [-0.4, -0.2) is 32.0 Å². The molecule has 8 heteroatoms. The van der Waals surface area contributed by atoms with E-state index in [4.69, 9.17) is 4.74 Å². The Morgan fingerprint density at radius 1 is 1.09 bits per heavy atom. The molecule has 1 aromatic heterocycles. The van der Waals surface area contributed by atoms with Gasteiger partial charge in [-0.2, -0.15) is 0 Å². The second kappa shape index (κ2) is 8.27. The number of sulfonamides is 1. The lowest BCUT2D eigenvalue weighted by atomic mass is 9.86. The third kappa shape index (κ3) is 4.31. The summed E-state index contributed by atoms with van der Waals surface area (Å²) in [5.74, 6) is -0.105. The van der Waals surface area contributed by atoms with E-state index in [2.05, 4.69) is 31.1 Å². The molecule has 0 fully saturated rings. The zero-order valence-corrected chi connectivity index (χ0v) is 19.0. The van der Waals surface area contributed by atoms with Crippen molar-refractivity contribution < 1.29 is 17.9 Å². The molecule has 7 nitrogen and oxygen atoms in total. The molecule has 0 aliphatic carbocycles. The second-order valence-electron chi connectivity index (χ2n) is 8.62. The summed E-state index contributed by atoms with van der Waals surface area (Å²) in [5, 5.41) is 2.74. The summed E-state index contributed by atoms with van der Waals surface area (Å²) in [6.45, 7) is 6.01. The van der Waals surface area contributed by atoms with E-state index >= 15 is 0 Å². The van der Waals surface area contributed by atoms with Gasteiger partial charge < -0.3 is 10.1 Å². The van der Waals surface area contributed by atoms with Gasteiger partial charge in [0.15, 0.2) is 6.10 Å². The second-order valence-corrected chi connectivity index (χ2v) is 10.5. The van der Waals surface area contributed by atoms with E-state index in [1.807, 2.05) is 12.1 Å². The van der Waals surface area contributed by atoms with Crippen molar-refractivity contribution >= 4 is 27.3 Å². The van der Waals surface area contributed by atoms with Crippen LogP contribution < -0.4 is 14.4 Å². The van der Waals surface area contributed by atoms with Gasteiger partial charge in [-0.15, -0.1) is 0 Å². The number of carbonyl (C=O) groups is 1. The number of pyridine rings is 1. The number of carbonyl (C=O) groups excluding carboxylic acids is 1. The Morgan fingerprint density at radius 3 is 2.50 bits per heavy atom. The number of nitrogens with one attached hydrogen (secondary N) is 1. The van der Waals surface area contributed by atoms with Crippen molar-refractivity contribution in [2.45, 2.75) is 37.2 Å². The van der Waals surface area contributed by atoms with Crippen LogP contribution in [0.4, 0.5) is 11.4 Å². The van der Waals surface area contributed by atoms with Crippen molar-refractivity contribution in [3.8, 4) is 5.75 Å². The van der Waals surface area contributed by atoms with E-state index in [9.17, 15) is 13.2 Å². The fourth-order valence-corrected chi connectivity index (χ4v) is 4.95. The van der Waals surface area contributed by atoms with Crippen molar-refractivity contribution in [2.24, 2.45) is 0 Å². The quantitative estimate of drug-likeness (QED) is 0.648. The Hall–Kier alpha value is -3.39. The van der Waals surface area contributed by atoms with Gasteiger partial charge in [-0.05, 0) is 47.4 Å². The van der Waals surface area contributed by atoms with Crippen LogP contribution in [0.2, 0.25) is 0 Å². The van der Waals surface area contributed by atoms with Gasteiger partial charge in [0.2, 0.25) is 0 Å². The highest BCUT2D eigenvalue weighted by Gasteiger charge is 2.38. The molecule has 2 heterocycles. The smallest absolute Gasteiger partial charge is 0.267 e. The molecule has 1 aliphatic rings. The van der Waals surface area contributed by atoms with E-state index in [1.54, 1.807) is 54.7 Å². The molecule has 1 unspecified atom stereocenters. The van der Waals surface area contributed by atoms with Crippen LogP contribution in [0, 0.1) is 0 Å². The molecule has 3 aromatic rings. The molecule has 1 atom stereocenters. The fraction of sp³-hybridized carbons (Fsp3) is 0.250. The first-order valence-electron chi connectivity index (χ1n) is 10.3. The molecule has 0 spiro atoms. The molecule has 0 saturated heterocycles. The van der Waals surface area contributed by atoms with E-state index in [-0.39, 0.29) is 16.9 Å². The van der Waals surface area contributed by atoms with Gasteiger partial charge in [0.25, 0.3) is 15.9 Å². The van der Waals surface area contributed by atoms with E-state index < -0.39 is 22.0 Å². The van der Waals surface area contributed by atoms with E-state index in [0.717, 1.165) is 5.56 Å². The van der Waals surface area contributed by atoms with Crippen LogP contribution in [-0.2, 0) is 20.2 Å². The van der Waals surface area contributed by atoms with Crippen molar-refractivity contribution in [3.63, 3.8) is 0 Å². The number of hydrogen-bond donors (Lipinski definition) is 1. The van der Waals surface area contributed by atoms with Crippen LogP contribution in [0.25, 0.3) is 0 Å². The van der Waals surface area contributed by atoms with Gasteiger partial charge in [0, 0.05) is 6.20 Å². The maximum atomic E-state index is 13.6. The molecular formula is C24H25N3O4S. The van der Waals surface area contributed by atoms with E-state index in [0.29, 0.717) is 17.1 Å². The van der Waals surface area contributed by atoms with Crippen LogP contribution in [0.15, 0.2) is 78.0 Å². The minimum atomic E-state index is -3.92. The molecule has 1 aliphatic heterocycles. The topological polar surface area (TPSA) is 88.6 Å². The number of ether oxygens (including phenoxy) is 1. The van der Waals surface area contributed by atoms with Crippen LogP contribution >= 0.6 is 0 Å². The predicted molar refractivity (Wildman–Crippen MR) is 123 cm³/mol. The van der Waals surface area contributed by atoms with Crippen molar-refractivity contribution in [2.75, 3.05) is 16.2 Å². The Balaban J connectivity index is 1.75. The number of rotatable bonds is 4. The fourth-order valence-electron chi connectivity index (χ4n) is 3.46. The normalized spacial score (nSPS) is 16.1. The number of fused-ring (bicyclic) bond motifs is 1. The number of hydrogen-bond acceptors (Lipinski definition) is 5. The third-order valence-corrected chi connectivity index (χ3v) is 7.04. The van der Waals surface area contributed by atoms with Crippen molar-refractivity contribution in [3.05, 3.63) is 78.6 Å². The molecule has 32 heavy (non-hydrogen) atoms. The summed E-state index contributed by atoms with van der Waals surface area (Å²) >= 11 is 0. The zero-order chi connectivity index (χ0) is 22.9. The molecule has 0 radical (unpaired) electrons. The SMILES string of the molecule is CC(C)(C)c1ccc2c(c1)N(S(=O)(=O)c1ccccc1)CC(C(=O)Nc1cccnc1)O2. The standard InChI is InChI=1S/C24H25N3O4S/c1-24(2,3)17-11-12-21-20(14-17)27(32(29,30)19-9-5-4-6-10-19)16-22(31-21)23(28)26-18-8-7-13-25-15-18/h4-15,22H,16H2,1-3H3,(H,26,28). The first kappa shape index (κ1) is 21.8. The summed E-state index contributed by atoms with van der Waals surface area (Å²) in [6.07, 6.45) is 2.09. The first-order valence-corrected chi connectivity index (χ1v) is 11.7. The highest BCUT2D eigenvalue weighted by molar-refractivity contribution is 7.92. The number of aromatic nitrogens is 1. The maximum Gasteiger partial charge on any atom is 0.267 e. The van der Waals surface area contributed by atoms with Crippen molar-refractivity contribution in [1.82, 2.24) is 4.98 Å². The van der Waals surface area contributed by atoms with Gasteiger partial charge in [0.1, 0.15) is 5.75 Å². The van der Waals surface area contributed by atoms with Crippen LogP contribution in [0.1, 0.15) is 26.3 Å². The zero-order valence-electron chi connectivity index (χ0n) is 18.1. The first-order chi connectivity index (χ1) is 15.2. The largest absolute Gasteiger partial charge is 0.476 e. The Kier molecular flexibility index (Phi) is 5.64. The Bertz CT molecular complexity index is 1220. The number of amides is 1. The molecule has 4 rings (SSSR count). The van der Waals surface area contributed by atoms with E-state index in [1.165, 1.54) is 10.5 Å². The monoisotopic (exact) mass is 451 g/mol. The van der Waals surface area contributed by atoms with Gasteiger partial charge in [-0.3, -0.25) is 14.1 Å². The minimum Gasteiger partial charge on any atom is -0.476 e. The molecule has 166 valence electrons. The molecule has 1 amide bonds. The molecule has 0 saturated carbocycles. The summed E-state index contributed by atoms with van der Waals surface area (Å²) in [4.78, 5) is 17.1. The number of benzene rings is 2. The Morgan fingerprint density at radius 2 is 1.84 bits per heavy atom. The summed E-state index contributed by atoms with van der Waals surface area (Å²) < 4.78 is 34.4. The number of nitrogens with zero attached hydrogens (tertiary/aromatic N) is 2. The lowest BCUT2D eigenvalue weighted by Crippen LogP contribution is -2.49. The third-order valence-electron chi connectivity index (χ3n) is 5.25. The summed E-state index contributed by atoms with van der Waals surface area (Å²) in [7, 11) is -3.92. The van der Waals surface area contributed by atoms with Crippen LogP contribution in [0.3, 0.4) is 0 Å². The highest BCUT2D eigenvalue weighted by atomic mass is 32.2. The molecule has 2 aromatic carbocycles. The summed E-state index contributed by atoms with van der Waals surface area (Å²) in [5.41, 5.74) is 1.71. The van der Waals surface area contributed by atoms with Gasteiger partial charge in [-0.25, -0.2) is 8.42 Å². The predicted octanol–water partition coefficient (Wildman–Crippen LogP) is 3.97.